The van der Waals surface area contributed by atoms with E-state index < -0.39 is 5.60 Å². The first-order chi connectivity index (χ1) is 6.11. The quantitative estimate of drug-likeness (QED) is 0.644. The minimum absolute atomic E-state index is 0.0878. The van der Waals surface area contributed by atoms with Crippen molar-refractivity contribution in [1.82, 2.24) is 0 Å². The van der Waals surface area contributed by atoms with Crippen LogP contribution >= 0.6 is 0 Å². The van der Waals surface area contributed by atoms with Gasteiger partial charge in [0, 0.05) is 6.61 Å². The molecule has 0 amide bonds. The molecule has 0 aromatic heterocycles. The van der Waals surface area contributed by atoms with Crippen LogP contribution in [0.5, 0.6) is 0 Å². The molecule has 0 spiro atoms. The van der Waals surface area contributed by atoms with Gasteiger partial charge in [0.2, 0.25) is 0 Å². The van der Waals surface area contributed by atoms with Crippen LogP contribution in [0.25, 0.3) is 0 Å². The molecule has 0 radical (unpaired) electrons. The standard InChI is InChI=1S/C11H24O2/c1-4-10(5-2)9-11(13,6-3)7-8-12/h10,12-13H,4-9H2,1-3H3. The lowest BCUT2D eigenvalue weighted by atomic mass is 9.83. The van der Waals surface area contributed by atoms with E-state index in [4.69, 9.17) is 5.11 Å². The third-order valence-electron chi connectivity index (χ3n) is 3.06. The fourth-order valence-electron chi connectivity index (χ4n) is 1.75. The van der Waals surface area contributed by atoms with Crippen LogP contribution in [-0.4, -0.2) is 22.4 Å². The molecule has 0 bridgehead atoms. The molecule has 0 heterocycles. The zero-order chi connectivity index (χ0) is 10.3. The van der Waals surface area contributed by atoms with Crippen molar-refractivity contribution in [2.45, 2.75) is 58.5 Å². The number of rotatable bonds is 7. The van der Waals surface area contributed by atoms with Crippen molar-refractivity contribution in [3.05, 3.63) is 0 Å². The molecule has 13 heavy (non-hydrogen) atoms. The Morgan fingerprint density at radius 1 is 1.15 bits per heavy atom. The maximum absolute atomic E-state index is 10.1. The van der Waals surface area contributed by atoms with Gasteiger partial charge in [-0.2, -0.15) is 0 Å². The summed E-state index contributed by atoms with van der Waals surface area (Å²) in [5, 5.41) is 18.9. The summed E-state index contributed by atoms with van der Waals surface area (Å²) in [6, 6.07) is 0. The highest BCUT2D eigenvalue weighted by Crippen LogP contribution is 2.27. The lowest BCUT2D eigenvalue weighted by molar-refractivity contribution is -0.0104. The first-order valence-corrected chi connectivity index (χ1v) is 5.45. The lowest BCUT2D eigenvalue weighted by Crippen LogP contribution is -2.31. The van der Waals surface area contributed by atoms with Gasteiger partial charge in [-0.05, 0) is 25.2 Å². The summed E-state index contributed by atoms with van der Waals surface area (Å²) in [6.45, 7) is 6.38. The minimum Gasteiger partial charge on any atom is -0.396 e. The first kappa shape index (κ1) is 12.9. The molecular formula is C11H24O2. The highest BCUT2D eigenvalue weighted by Gasteiger charge is 2.26. The summed E-state index contributed by atoms with van der Waals surface area (Å²) in [5.41, 5.74) is -0.633. The predicted molar refractivity (Wildman–Crippen MR) is 55.6 cm³/mol. The molecule has 0 aromatic rings. The van der Waals surface area contributed by atoms with Crippen molar-refractivity contribution < 1.29 is 10.2 Å². The molecule has 0 aliphatic rings. The molecule has 0 aliphatic heterocycles. The van der Waals surface area contributed by atoms with Gasteiger partial charge in [0.1, 0.15) is 0 Å². The molecule has 0 aromatic carbocycles. The summed E-state index contributed by atoms with van der Waals surface area (Å²) in [7, 11) is 0. The summed E-state index contributed by atoms with van der Waals surface area (Å²) < 4.78 is 0. The van der Waals surface area contributed by atoms with Crippen molar-refractivity contribution in [2.24, 2.45) is 5.92 Å². The van der Waals surface area contributed by atoms with Gasteiger partial charge in [0.25, 0.3) is 0 Å². The Hall–Kier alpha value is -0.0800. The number of hydrogen-bond donors (Lipinski definition) is 2. The van der Waals surface area contributed by atoms with Gasteiger partial charge in [0.05, 0.1) is 5.60 Å². The predicted octanol–water partition coefficient (Wildman–Crippen LogP) is 2.34. The van der Waals surface area contributed by atoms with Crippen molar-refractivity contribution in [1.29, 1.82) is 0 Å². The molecule has 1 unspecified atom stereocenters. The van der Waals surface area contributed by atoms with Gasteiger partial charge in [-0.25, -0.2) is 0 Å². The average Bonchev–Trinajstić information content (AvgIpc) is 2.15. The summed E-state index contributed by atoms with van der Waals surface area (Å²) in [5.74, 6) is 0.594. The molecule has 0 saturated heterocycles. The number of aliphatic hydroxyl groups excluding tert-OH is 1. The lowest BCUT2D eigenvalue weighted by Gasteiger charge is -2.29. The zero-order valence-corrected chi connectivity index (χ0v) is 9.21. The summed E-state index contributed by atoms with van der Waals surface area (Å²) in [4.78, 5) is 0. The van der Waals surface area contributed by atoms with Crippen LogP contribution in [0.3, 0.4) is 0 Å². The Kier molecular flexibility index (Phi) is 6.35. The second kappa shape index (κ2) is 6.39. The van der Waals surface area contributed by atoms with Gasteiger partial charge in [-0.15, -0.1) is 0 Å². The van der Waals surface area contributed by atoms with Crippen LogP contribution in [0.4, 0.5) is 0 Å². The third-order valence-corrected chi connectivity index (χ3v) is 3.06. The van der Waals surface area contributed by atoms with Crippen LogP contribution in [0.15, 0.2) is 0 Å². The van der Waals surface area contributed by atoms with E-state index in [9.17, 15) is 5.11 Å². The van der Waals surface area contributed by atoms with Gasteiger partial charge in [-0.1, -0.05) is 33.6 Å². The first-order valence-electron chi connectivity index (χ1n) is 5.45. The van der Waals surface area contributed by atoms with Gasteiger partial charge < -0.3 is 10.2 Å². The molecule has 1 atom stereocenters. The maximum Gasteiger partial charge on any atom is 0.0669 e. The Labute approximate surface area is 82.0 Å². The Morgan fingerprint density at radius 3 is 2.00 bits per heavy atom. The molecule has 80 valence electrons. The normalized spacial score (nSPS) is 16.2. The van der Waals surface area contributed by atoms with E-state index in [-0.39, 0.29) is 6.61 Å². The largest absolute Gasteiger partial charge is 0.396 e. The van der Waals surface area contributed by atoms with Crippen molar-refractivity contribution in [3.8, 4) is 0 Å². The van der Waals surface area contributed by atoms with Crippen LogP contribution < -0.4 is 0 Å². The third kappa shape index (κ3) is 4.63. The van der Waals surface area contributed by atoms with E-state index in [0.717, 1.165) is 25.7 Å². The smallest absolute Gasteiger partial charge is 0.0669 e. The Morgan fingerprint density at radius 2 is 1.69 bits per heavy atom. The van der Waals surface area contributed by atoms with Crippen LogP contribution in [-0.2, 0) is 0 Å². The van der Waals surface area contributed by atoms with E-state index in [1.807, 2.05) is 6.92 Å². The monoisotopic (exact) mass is 188 g/mol. The highest BCUT2D eigenvalue weighted by atomic mass is 16.3. The Bertz CT molecular complexity index is 121. The van der Waals surface area contributed by atoms with Crippen molar-refractivity contribution in [3.63, 3.8) is 0 Å². The van der Waals surface area contributed by atoms with E-state index in [0.29, 0.717) is 12.3 Å². The molecule has 0 fully saturated rings. The van der Waals surface area contributed by atoms with Crippen molar-refractivity contribution >= 4 is 0 Å². The second-order valence-electron chi connectivity index (χ2n) is 3.94. The fourth-order valence-corrected chi connectivity index (χ4v) is 1.75. The number of hydrogen-bond acceptors (Lipinski definition) is 2. The molecule has 0 rings (SSSR count). The Balaban J connectivity index is 4.07. The number of aliphatic hydroxyl groups is 2. The maximum atomic E-state index is 10.1. The molecular weight excluding hydrogens is 164 g/mol. The van der Waals surface area contributed by atoms with Gasteiger partial charge in [0.15, 0.2) is 0 Å². The van der Waals surface area contributed by atoms with E-state index in [1.54, 1.807) is 0 Å². The fraction of sp³-hybridized carbons (Fsp3) is 1.00. The van der Waals surface area contributed by atoms with Crippen molar-refractivity contribution in [2.75, 3.05) is 6.61 Å². The zero-order valence-electron chi connectivity index (χ0n) is 9.21. The topological polar surface area (TPSA) is 40.5 Å². The van der Waals surface area contributed by atoms with E-state index >= 15 is 0 Å². The second-order valence-corrected chi connectivity index (χ2v) is 3.94. The molecule has 2 heteroatoms. The van der Waals surface area contributed by atoms with E-state index in [2.05, 4.69) is 13.8 Å². The van der Waals surface area contributed by atoms with Gasteiger partial charge in [-0.3, -0.25) is 0 Å². The van der Waals surface area contributed by atoms with Crippen LogP contribution in [0.2, 0.25) is 0 Å². The van der Waals surface area contributed by atoms with Crippen LogP contribution in [0, 0.1) is 5.92 Å². The molecule has 2 N–H and O–H groups in total. The van der Waals surface area contributed by atoms with E-state index in [1.165, 1.54) is 0 Å². The highest BCUT2D eigenvalue weighted by molar-refractivity contribution is 4.79. The summed E-state index contributed by atoms with van der Waals surface area (Å²) in [6.07, 6.45) is 4.32. The molecule has 0 aliphatic carbocycles. The minimum atomic E-state index is -0.633. The molecule has 2 nitrogen and oxygen atoms in total. The van der Waals surface area contributed by atoms with Gasteiger partial charge >= 0.3 is 0 Å². The van der Waals surface area contributed by atoms with Crippen LogP contribution in [0.1, 0.15) is 52.9 Å². The average molecular weight is 188 g/mol. The molecule has 0 saturated carbocycles. The summed E-state index contributed by atoms with van der Waals surface area (Å²) >= 11 is 0. The SMILES string of the molecule is CCC(CC)CC(O)(CC)CCO.